The first-order chi connectivity index (χ1) is 14.2. The molecule has 1 heterocycles. The summed E-state index contributed by atoms with van der Waals surface area (Å²) in [7, 11) is 1.62. The summed E-state index contributed by atoms with van der Waals surface area (Å²) in [5, 5.41) is 9.28. The fourth-order valence-electron chi connectivity index (χ4n) is 2.83. The number of thioether (sulfide) groups is 1. The van der Waals surface area contributed by atoms with Crippen LogP contribution < -0.4 is 9.47 Å². The van der Waals surface area contributed by atoms with Gasteiger partial charge in [0.1, 0.15) is 11.5 Å². The van der Waals surface area contributed by atoms with Crippen molar-refractivity contribution in [1.29, 1.82) is 0 Å². The number of ether oxygens (including phenoxy) is 2. The highest BCUT2D eigenvalue weighted by Gasteiger charge is 2.18. The SMILES string of the molecule is C=CCn1c(SCC(=O)c2ccc(OCC)cc2)nnc1-c1ccccc1OC. The maximum absolute atomic E-state index is 12.6. The van der Waals surface area contributed by atoms with Crippen molar-refractivity contribution in [3.63, 3.8) is 0 Å². The fourth-order valence-corrected chi connectivity index (χ4v) is 3.68. The highest BCUT2D eigenvalue weighted by atomic mass is 32.2. The Bertz CT molecular complexity index is 983. The van der Waals surface area contributed by atoms with Crippen LogP contribution in [-0.4, -0.2) is 40.0 Å². The molecule has 0 radical (unpaired) electrons. The molecule has 0 saturated carbocycles. The number of allylic oxidation sites excluding steroid dienone is 1. The standard InChI is InChI=1S/C22H23N3O3S/c1-4-14-25-21(18-8-6-7-9-20(18)27-3)23-24-22(25)29-15-19(26)16-10-12-17(13-11-16)28-5-2/h4,6-13H,1,5,14-15H2,2-3H3. The van der Waals surface area contributed by atoms with Crippen LogP contribution in [0.25, 0.3) is 11.4 Å². The molecule has 2 aromatic carbocycles. The number of carbonyl (C=O) groups is 1. The molecule has 7 heteroatoms. The number of methoxy groups -OCH3 is 1. The van der Waals surface area contributed by atoms with Crippen LogP contribution in [0.4, 0.5) is 0 Å². The van der Waals surface area contributed by atoms with Gasteiger partial charge in [-0.05, 0) is 43.3 Å². The molecule has 0 N–H and O–H groups in total. The van der Waals surface area contributed by atoms with Crippen molar-refractivity contribution in [3.8, 4) is 22.9 Å². The van der Waals surface area contributed by atoms with E-state index in [1.165, 1.54) is 11.8 Å². The summed E-state index contributed by atoms with van der Waals surface area (Å²) in [6.45, 7) is 6.87. The molecular formula is C22H23N3O3S. The lowest BCUT2D eigenvalue weighted by Gasteiger charge is -2.10. The highest BCUT2D eigenvalue weighted by molar-refractivity contribution is 7.99. The number of ketones is 1. The Morgan fingerprint density at radius 1 is 1.17 bits per heavy atom. The average Bonchev–Trinajstić information content (AvgIpc) is 3.15. The summed E-state index contributed by atoms with van der Waals surface area (Å²) in [6.07, 6.45) is 1.78. The Morgan fingerprint density at radius 3 is 2.62 bits per heavy atom. The quantitative estimate of drug-likeness (QED) is 0.279. The van der Waals surface area contributed by atoms with Crippen LogP contribution in [0.2, 0.25) is 0 Å². The lowest BCUT2D eigenvalue weighted by atomic mass is 10.1. The number of hydrogen-bond donors (Lipinski definition) is 0. The number of aromatic nitrogens is 3. The molecule has 6 nitrogen and oxygen atoms in total. The van der Waals surface area contributed by atoms with Crippen molar-refractivity contribution < 1.29 is 14.3 Å². The Hall–Kier alpha value is -3.06. The smallest absolute Gasteiger partial charge is 0.192 e. The first kappa shape index (κ1) is 20.7. The van der Waals surface area contributed by atoms with Gasteiger partial charge >= 0.3 is 0 Å². The van der Waals surface area contributed by atoms with Crippen molar-refractivity contribution in [2.45, 2.75) is 18.6 Å². The van der Waals surface area contributed by atoms with Gasteiger partial charge in [-0.3, -0.25) is 9.36 Å². The van der Waals surface area contributed by atoms with Gasteiger partial charge in [-0.15, -0.1) is 16.8 Å². The molecule has 0 aliphatic carbocycles. The summed E-state index contributed by atoms with van der Waals surface area (Å²) in [5.74, 6) is 2.43. The second-order valence-corrected chi connectivity index (χ2v) is 7.02. The molecule has 150 valence electrons. The first-order valence-electron chi connectivity index (χ1n) is 9.24. The summed E-state index contributed by atoms with van der Waals surface area (Å²) in [5.41, 5.74) is 1.48. The third kappa shape index (κ3) is 4.86. The predicted molar refractivity (Wildman–Crippen MR) is 115 cm³/mol. The minimum absolute atomic E-state index is 0.0186. The van der Waals surface area contributed by atoms with E-state index < -0.39 is 0 Å². The molecule has 0 aliphatic heterocycles. The van der Waals surface area contributed by atoms with E-state index in [1.54, 1.807) is 37.5 Å². The third-order valence-electron chi connectivity index (χ3n) is 4.20. The van der Waals surface area contributed by atoms with Crippen molar-refractivity contribution in [1.82, 2.24) is 14.8 Å². The van der Waals surface area contributed by atoms with E-state index in [0.717, 1.165) is 11.3 Å². The molecule has 0 amide bonds. The van der Waals surface area contributed by atoms with Crippen molar-refractivity contribution in [3.05, 3.63) is 66.7 Å². The van der Waals surface area contributed by atoms with E-state index in [2.05, 4.69) is 16.8 Å². The van der Waals surface area contributed by atoms with Gasteiger partial charge in [-0.1, -0.05) is 30.0 Å². The zero-order valence-electron chi connectivity index (χ0n) is 16.5. The molecule has 0 saturated heterocycles. The zero-order valence-corrected chi connectivity index (χ0v) is 17.3. The van der Waals surface area contributed by atoms with Gasteiger partial charge in [0.15, 0.2) is 16.8 Å². The molecule has 3 aromatic rings. The molecule has 0 spiro atoms. The molecule has 0 fully saturated rings. The number of rotatable bonds is 10. The van der Waals surface area contributed by atoms with Crippen LogP contribution in [0, 0.1) is 0 Å². The van der Waals surface area contributed by atoms with Crippen LogP contribution in [-0.2, 0) is 6.54 Å². The van der Waals surface area contributed by atoms with Crippen LogP contribution in [0.3, 0.4) is 0 Å². The molecular weight excluding hydrogens is 386 g/mol. The van der Waals surface area contributed by atoms with Gasteiger partial charge in [-0.25, -0.2) is 0 Å². The summed E-state index contributed by atoms with van der Waals surface area (Å²) < 4.78 is 12.8. The Labute approximate surface area is 174 Å². The molecule has 0 unspecified atom stereocenters. The van der Waals surface area contributed by atoms with Gasteiger partial charge in [0.05, 0.1) is 25.0 Å². The number of Topliss-reactive ketones (excluding diaryl/α,β-unsaturated/α-hetero) is 1. The Balaban J connectivity index is 1.78. The summed E-state index contributed by atoms with van der Waals surface area (Å²) >= 11 is 1.35. The molecule has 29 heavy (non-hydrogen) atoms. The largest absolute Gasteiger partial charge is 0.496 e. The first-order valence-corrected chi connectivity index (χ1v) is 10.2. The van der Waals surface area contributed by atoms with Crippen LogP contribution in [0.15, 0.2) is 66.3 Å². The third-order valence-corrected chi connectivity index (χ3v) is 5.16. The van der Waals surface area contributed by atoms with Crippen LogP contribution >= 0.6 is 11.8 Å². The number of benzene rings is 2. The summed E-state index contributed by atoms with van der Waals surface area (Å²) in [4.78, 5) is 12.6. The maximum Gasteiger partial charge on any atom is 0.192 e. The minimum atomic E-state index is 0.0186. The summed E-state index contributed by atoms with van der Waals surface area (Å²) in [6, 6.07) is 14.8. The lowest BCUT2D eigenvalue weighted by Crippen LogP contribution is -2.06. The van der Waals surface area contributed by atoms with Crippen LogP contribution in [0.1, 0.15) is 17.3 Å². The monoisotopic (exact) mass is 409 g/mol. The maximum atomic E-state index is 12.6. The van der Waals surface area contributed by atoms with Crippen molar-refractivity contribution in [2.75, 3.05) is 19.5 Å². The lowest BCUT2D eigenvalue weighted by molar-refractivity contribution is 0.102. The predicted octanol–water partition coefficient (Wildman–Crippen LogP) is 4.51. The normalized spacial score (nSPS) is 10.6. The topological polar surface area (TPSA) is 66.2 Å². The highest BCUT2D eigenvalue weighted by Crippen LogP contribution is 2.31. The van der Waals surface area contributed by atoms with E-state index >= 15 is 0 Å². The van der Waals surface area contributed by atoms with E-state index in [-0.39, 0.29) is 11.5 Å². The fraction of sp³-hybridized carbons (Fsp3) is 0.227. The minimum Gasteiger partial charge on any atom is -0.496 e. The van der Waals surface area contributed by atoms with Gasteiger partial charge in [0.2, 0.25) is 0 Å². The second kappa shape index (κ2) is 9.93. The van der Waals surface area contributed by atoms with Gasteiger partial charge in [0, 0.05) is 12.1 Å². The number of carbonyl (C=O) groups excluding carboxylic acids is 1. The van der Waals surface area contributed by atoms with Crippen LogP contribution in [0.5, 0.6) is 11.5 Å². The zero-order chi connectivity index (χ0) is 20.6. The second-order valence-electron chi connectivity index (χ2n) is 6.07. The van der Waals surface area contributed by atoms with Crippen molar-refractivity contribution in [2.24, 2.45) is 0 Å². The van der Waals surface area contributed by atoms with E-state index in [1.807, 2.05) is 35.8 Å². The van der Waals surface area contributed by atoms with E-state index in [9.17, 15) is 4.79 Å². The van der Waals surface area contributed by atoms with Crippen molar-refractivity contribution >= 4 is 17.5 Å². The van der Waals surface area contributed by atoms with Gasteiger partial charge in [0.25, 0.3) is 0 Å². The molecule has 0 atom stereocenters. The van der Waals surface area contributed by atoms with Gasteiger partial charge in [-0.2, -0.15) is 0 Å². The van der Waals surface area contributed by atoms with E-state index in [0.29, 0.717) is 35.4 Å². The van der Waals surface area contributed by atoms with E-state index in [4.69, 9.17) is 9.47 Å². The average molecular weight is 410 g/mol. The molecule has 0 bridgehead atoms. The Morgan fingerprint density at radius 2 is 1.93 bits per heavy atom. The Kier molecular flexibility index (Phi) is 7.08. The van der Waals surface area contributed by atoms with Gasteiger partial charge < -0.3 is 9.47 Å². The number of nitrogens with zero attached hydrogens (tertiary/aromatic N) is 3. The number of hydrogen-bond acceptors (Lipinski definition) is 6. The molecule has 3 rings (SSSR count). The number of para-hydroxylation sites is 1. The molecule has 1 aromatic heterocycles. The molecule has 0 aliphatic rings.